The number of hydrogen-bond donors (Lipinski definition) is 1. The van der Waals surface area contributed by atoms with Crippen LogP contribution in [-0.4, -0.2) is 26.2 Å². The van der Waals surface area contributed by atoms with Crippen LogP contribution in [0.4, 0.5) is 11.4 Å². The molecular formula is C10H14N2O. The van der Waals surface area contributed by atoms with Gasteiger partial charge >= 0.3 is 0 Å². The highest BCUT2D eigenvalue weighted by Gasteiger charge is 2.09. The first-order valence-electron chi connectivity index (χ1n) is 6.07. The number of nitrogens with two attached hydrogens (primary N) is 1. The van der Waals surface area contributed by atoms with E-state index in [1.807, 2.05) is 0 Å². The summed E-state index contributed by atoms with van der Waals surface area (Å²) in [4.78, 5) is 1.10. The van der Waals surface area contributed by atoms with Gasteiger partial charge in [-0.3, -0.25) is 0 Å². The van der Waals surface area contributed by atoms with Crippen LogP contribution in [0.2, 0.25) is 0 Å². The van der Waals surface area contributed by atoms with Crippen molar-refractivity contribution < 1.29 is 10.2 Å². The summed E-state index contributed by atoms with van der Waals surface area (Å²) < 4.78 is 36.3. The quantitative estimate of drug-likeness (QED) is 0.661. The molecule has 0 unspecified atom stereocenters. The molecule has 1 aliphatic heterocycles. The molecule has 0 spiro atoms. The number of anilines is 2. The minimum absolute atomic E-state index is 0.156. The number of morpholine rings is 1. The average Bonchev–Trinajstić information content (AvgIpc) is 2.18. The van der Waals surface area contributed by atoms with Crippen LogP contribution >= 0.6 is 0 Å². The van der Waals surface area contributed by atoms with Crippen molar-refractivity contribution in [3.63, 3.8) is 0 Å². The smallest absolute Gasteiger partial charge is 0.0642 e. The summed E-state index contributed by atoms with van der Waals surface area (Å²) in [5.74, 6) is 0. The third kappa shape index (κ3) is 1.92. The molecule has 70 valence electrons. The van der Waals surface area contributed by atoms with Gasteiger partial charge in [0.25, 0.3) is 0 Å². The number of rotatable bonds is 1. The zero-order valence-corrected chi connectivity index (χ0v) is 7.16. The van der Waals surface area contributed by atoms with Crippen LogP contribution in [0.1, 0.15) is 5.48 Å². The molecule has 0 amide bonds. The number of nitrogens with zero attached hydrogens (tertiary/aromatic N) is 1. The van der Waals surface area contributed by atoms with Crippen molar-refractivity contribution in [1.29, 1.82) is 0 Å². The molecule has 0 aromatic heterocycles. The molecule has 0 aliphatic carbocycles. The van der Waals surface area contributed by atoms with Gasteiger partial charge in [-0.05, 0) is 24.3 Å². The lowest BCUT2D eigenvalue weighted by Gasteiger charge is -2.28. The fourth-order valence-corrected chi connectivity index (χ4v) is 1.13. The maximum absolute atomic E-state index is 7.83. The van der Waals surface area contributed by atoms with E-state index in [1.165, 1.54) is 0 Å². The topological polar surface area (TPSA) is 38.5 Å². The van der Waals surface area contributed by atoms with Crippen LogP contribution in [0.5, 0.6) is 0 Å². The molecule has 13 heavy (non-hydrogen) atoms. The fourth-order valence-electron chi connectivity index (χ4n) is 1.13. The Hall–Kier alpha value is -1.22. The fraction of sp³-hybridized carbons (Fsp3) is 0.400. The Balaban J connectivity index is 2.41. The van der Waals surface area contributed by atoms with Crippen molar-refractivity contribution in [2.75, 3.05) is 36.8 Å². The molecule has 1 fully saturated rings. The minimum atomic E-state index is -1.88. The van der Waals surface area contributed by atoms with E-state index in [1.54, 1.807) is 24.3 Å². The second-order valence-corrected chi connectivity index (χ2v) is 2.74. The van der Waals surface area contributed by atoms with Gasteiger partial charge in [0.05, 0.1) is 18.7 Å². The first-order chi connectivity index (χ1) is 7.83. The van der Waals surface area contributed by atoms with Crippen molar-refractivity contribution in [1.82, 2.24) is 0 Å². The predicted octanol–water partition coefficient (Wildman–Crippen LogP) is 1.11. The first-order valence-corrected chi connectivity index (χ1v) is 4.07. The van der Waals surface area contributed by atoms with Crippen molar-refractivity contribution >= 4 is 11.4 Å². The van der Waals surface area contributed by atoms with Gasteiger partial charge < -0.3 is 15.4 Å². The zero-order valence-electron chi connectivity index (χ0n) is 11.2. The first kappa shape index (κ1) is 4.86. The third-order valence-corrected chi connectivity index (χ3v) is 1.80. The molecule has 0 bridgehead atoms. The van der Waals surface area contributed by atoms with E-state index in [4.69, 9.17) is 16.0 Å². The molecule has 1 aliphatic rings. The van der Waals surface area contributed by atoms with E-state index in [0.717, 1.165) is 4.90 Å². The number of benzene rings is 1. The number of nitrogen functional groups attached to an aromatic ring is 1. The molecule has 0 saturated carbocycles. The molecule has 2 N–H and O–H groups in total. The monoisotopic (exact) mass is 182 g/mol. The maximum Gasteiger partial charge on any atom is 0.0642 e. The molecule has 0 radical (unpaired) electrons. The second kappa shape index (κ2) is 3.66. The van der Waals surface area contributed by atoms with Gasteiger partial charge in [0.1, 0.15) is 0 Å². The van der Waals surface area contributed by atoms with Gasteiger partial charge in [0, 0.05) is 24.4 Å². The van der Waals surface area contributed by atoms with E-state index in [-0.39, 0.29) is 13.2 Å². The van der Waals surface area contributed by atoms with Crippen LogP contribution in [0.15, 0.2) is 24.3 Å². The number of ether oxygens (including phenoxy) is 1. The van der Waals surface area contributed by atoms with Gasteiger partial charge in [0.15, 0.2) is 0 Å². The van der Waals surface area contributed by atoms with Crippen LogP contribution < -0.4 is 10.6 Å². The molecule has 2 rings (SSSR count). The Morgan fingerprint density at radius 3 is 2.46 bits per heavy atom. The molecule has 1 aromatic rings. The maximum atomic E-state index is 7.83. The van der Waals surface area contributed by atoms with Gasteiger partial charge in [0.2, 0.25) is 0 Å². The van der Waals surface area contributed by atoms with E-state index in [2.05, 4.69) is 0 Å². The SMILES string of the molecule is [2H]C1([2H])COCC([2H])([2H])N1c1ccc(N)cc1. The summed E-state index contributed by atoms with van der Waals surface area (Å²) in [6.45, 7) is -4.07. The van der Waals surface area contributed by atoms with E-state index in [9.17, 15) is 0 Å². The Kier molecular flexibility index (Phi) is 1.37. The Morgan fingerprint density at radius 1 is 1.23 bits per heavy atom. The van der Waals surface area contributed by atoms with E-state index >= 15 is 0 Å². The lowest BCUT2D eigenvalue weighted by Crippen LogP contribution is -2.36. The summed E-state index contributed by atoms with van der Waals surface area (Å²) in [5, 5.41) is 0. The third-order valence-electron chi connectivity index (χ3n) is 1.80. The van der Waals surface area contributed by atoms with Gasteiger partial charge in [-0.25, -0.2) is 0 Å². The standard InChI is InChI=1S/C10H14N2O/c11-9-1-3-10(4-2-9)12-5-7-13-8-6-12/h1-4H,5-8,11H2/i5D2,6D2. The summed E-state index contributed by atoms with van der Waals surface area (Å²) in [7, 11) is 0. The summed E-state index contributed by atoms with van der Waals surface area (Å²) in [6.07, 6.45) is 0. The average molecular weight is 182 g/mol. The normalized spacial score (nSPS) is 29.7. The Morgan fingerprint density at radius 2 is 1.85 bits per heavy atom. The molecule has 1 saturated heterocycles. The highest BCUT2D eigenvalue weighted by molar-refractivity contribution is 5.53. The Labute approximate surface area is 83.7 Å². The summed E-state index contributed by atoms with van der Waals surface area (Å²) in [5.41, 5.74) is 6.58. The molecule has 1 aromatic carbocycles. The Bertz CT molecular complexity index is 391. The van der Waals surface area contributed by atoms with Crippen LogP contribution in [-0.2, 0) is 4.74 Å². The number of hydrogen-bond acceptors (Lipinski definition) is 3. The highest BCUT2D eigenvalue weighted by Crippen LogP contribution is 2.16. The predicted molar refractivity (Wildman–Crippen MR) is 53.9 cm³/mol. The van der Waals surface area contributed by atoms with Crippen molar-refractivity contribution in [3.05, 3.63) is 24.3 Å². The van der Waals surface area contributed by atoms with E-state index in [0.29, 0.717) is 11.4 Å². The molecule has 0 atom stereocenters. The lowest BCUT2D eigenvalue weighted by molar-refractivity contribution is 0.122. The van der Waals surface area contributed by atoms with Gasteiger partial charge in [-0.2, -0.15) is 0 Å². The summed E-state index contributed by atoms with van der Waals surface area (Å²) >= 11 is 0. The molecular weight excluding hydrogens is 164 g/mol. The van der Waals surface area contributed by atoms with Crippen LogP contribution in [0.3, 0.4) is 0 Å². The highest BCUT2D eigenvalue weighted by atomic mass is 16.5. The lowest BCUT2D eigenvalue weighted by atomic mass is 10.2. The second-order valence-electron chi connectivity index (χ2n) is 2.74. The minimum Gasteiger partial charge on any atom is -0.399 e. The zero-order chi connectivity index (χ0) is 12.7. The molecule has 1 heterocycles. The molecule has 3 heteroatoms. The van der Waals surface area contributed by atoms with Crippen LogP contribution in [0.25, 0.3) is 0 Å². The largest absolute Gasteiger partial charge is 0.399 e. The molecule has 3 nitrogen and oxygen atoms in total. The van der Waals surface area contributed by atoms with Crippen LogP contribution in [0, 0.1) is 0 Å². The summed E-state index contributed by atoms with van der Waals surface area (Å²) in [6, 6.07) is 6.46. The van der Waals surface area contributed by atoms with Gasteiger partial charge in [-0.15, -0.1) is 0 Å². The van der Waals surface area contributed by atoms with E-state index < -0.39 is 13.0 Å². The van der Waals surface area contributed by atoms with Crippen molar-refractivity contribution in [2.24, 2.45) is 0 Å². The van der Waals surface area contributed by atoms with Crippen molar-refractivity contribution in [3.8, 4) is 0 Å². The van der Waals surface area contributed by atoms with Gasteiger partial charge in [-0.1, -0.05) is 0 Å². The van der Waals surface area contributed by atoms with Crippen molar-refractivity contribution in [2.45, 2.75) is 0 Å².